The molecule has 0 unspecified atom stereocenters. The molecule has 0 bridgehead atoms. The Hall–Kier alpha value is -1.58. The number of nitro groups is 1. The van der Waals surface area contributed by atoms with Crippen LogP contribution in [-0.4, -0.2) is 11.0 Å². The van der Waals surface area contributed by atoms with Crippen LogP contribution in [0.2, 0.25) is 0 Å². The molecule has 1 aliphatic rings. The molecule has 0 aliphatic heterocycles. The summed E-state index contributed by atoms with van der Waals surface area (Å²) >= 11 is 0. The van der Waals surface area contributed by atoms with E-state index in [2.05, 4.69) is 5.32 Å². The van der Waals surface area contributed by atoms with Gasteiger partial charge in [0.1, 0.15) is 5.69 Å². The van der Waals surface area contributed by atoms with Crippen LogP contribution in [-0.2, 0) is 0 Å². The van der Waals surface area contributed by atoms with E-state index in [4.69, 9.17) is 0 Å². The normalized spacial score (nSPS) is 17.2. The van der Waals surface area contributed by atoms with E-state index >= 15 is 0 Å². The second kappa shape index (κ2) is 5.85. The predicted octanol–water partition coefficient (Wildman–Crippen LogP) is 4.04. The molecule has 1 N–H and O–H groups in total. The van der Waals surface area contributed by atoms with Crippen molar-refractivity contribution in [3.05, 3.63) is 33.9 Å². The highest BCUT2D eigenvalue weighted by molar-refractivity contribution is 5.65. The van der Waals surface area contributed by atoms with Gasteiger partial charge in [-0.25, -0.2) is 0 Å². The minimum atomic E-state index is -0.283. The lowest BCUT2D eigenvalue weighted by Crippen LogP contribution is -2.19. The van der Waals surface area contributed by atoms with E-state index in [0.717, 1.165) is 18.4 Å². The number of nitrogens with one attached hydrogen (secondary N) is 1. The Labute approximate surface area is 108 Å². The van der Waals surface area contributed by atoms with E-state index in [9.17, 15) is 10.1 Å². The van der Waals surface area contributed by atoms with Crippen molar-refractivity contribution in [3.8, 4) is 0 Å². The average Bonchev–Trinajstić information content (AvgIpc) is 2.57. The number of anilines is 1. The average molecular weight is 248 g/mol. The third-order valence-electron chi connectivity index (χ3n) is 3.64. The summed E-state index contributed by atoms with van der Waals surface area (Å²) in [6.07, 6.45) is 7.24. The molecule has 0 saturated heterocycles. The molecular formula is C14H20N2O2. The molecule has 4 heteroatoms. The highest BCUT2D eigenvalue weighted by atomic mass is 16.6. The zero-order valence-electron chi connectivity index (χ0n) is 10.8. The Morgan fingerprint density at radius 2 is 1.89 bits per heavy atom. The summed E-state index contributed by atoms with van der Waals surface area (Å²) in [6, 6.07) is 5.86. The second-order valence-electron chi connectivity index (χ2n) is 5.06. The van der Waals surface area contributed by atoms with Crippen molar-refractivity contribution in [2.75, 3.05) is 5.32 Å². The molecule has 2 rings (SSSR count). The van der Waals surface area contributed by atoms with Crippen LogP contribution >= 0.6 is 0 Å². The molecule has 0 radical (unpaired) electrons. The van der Waals surface area contributed by atoms with E-state index < -0.39 is 0 Å². The molecular weight excluding hydrogens is 228 g/mol. The van der Waals surface area contributed by atoms with Gasteiger partial charge in [0.25, 0.3) is 5.69 Å². The number of rotatable bonds is 3. The quantitative estimate of drug-likeness (QED) is 0.499. The third-order valence-corrected chi connectivity index (χ3v) is 3.64. The van der Waals surface area contributed by atoms with Gasteiger partial charge in [0.2, 0.25) is 0 Å². The maximum Gasteiger partial charge on any atom is 0.295 e. The van der Waals surface area contributed by atoms with Gasteiger partial charge in [-0.1, -0.05) is 37.8 Å². The molecule has 1 saturated carbocycles. The summed E-state index contributed by atoms with van der Waals surface area (Å²) in [5.74, 6) is 0. The fraction of sp³-hybridized carbons (Fsp3) is 0.571. The molecule has 1 aromatic rings. The largest absolute Gasteiger partial charge is 0.377 e. The van der Waals surface area contributed by atoms with Gasteiger partial charge in [0.05, 0.1) is 4.92 Å². The number of hydrogen-bond donors (Lipinski definition) is 1. The van der Waals surface area contributed by atoms with E-state index in [0.29, 0.717) is 11.7 Å². The summed E-state index contributed by atoms with van der Waals surface area (Å²) in [7, 11) is 0. The number of nitro benzene ring substituents is 1. The summed E-state index contributed by atoms with van der Waals surface area (Å²) in [5.41, 5.74) is 1.62. The number of hydrogen-bond acceptors (Lipinski definition) is 3. The molecule has 18 heavy (non-hydrogen) atoms. The van der Waals surface area contributed by atoms with Crippen molar-refractivity contribution >= 4 is 11.4 Å². The van der Waals surface area contributed by atoms with Gasteiger partial charge in [0.15, 0.2) is 0 Å². The van der Waals surface area contributed by atoms with Crippen LogP contribution in [0.3, 0.4) is 0 Å². The molecule has 0 spiro atoms. The van der Waals surface area contributed by atoms with Crippen molar-refractivity contribution in [3.63, 3.8) is 0 Å². The molecule has 1 aromatic carbocycles. The number of benzene rings is 1. The summed E-state index contributed by atoms with van der Waals surface area (Å²) in [4.78, 5) is 10.8. The lowest BCUT2D eigenvalue weighted by atomic mass is 10.1. The second-order valence-corrected chi connectivity index (χ2v) is 5.06. The molecule has 1 aliphatic carbocycles. The first-order valence-corrected chi connectivity index (χ1v) is 6.69. The Morgan fingerprint density at radius 1 is 1.22 bits per heavy atom. The third kappa shape index (κ3) is 3.00. The van der Waals surface area contributed by atoms with E-state index in [1.807, 2.05) is 12.1 Å². The SMILES string of the molecule is Cc1cccc(NC2CCCCCC2)c1[N+](=O)[O-]. The van der Waals surface area contributed by atoms with Gasteiger partial charge >= 0.3 is 0 Å². The first-order chi connectivity index (χ1) is 8.68. The highest BCUT2D eigenvalue weighted by Gasteiger charge is 2.20. The van der Waals surface area contributed by atoms with Crippen molar-refractivity contribution in [1.82, 2.24) is 0 Å². The maximum atomic E-state index is 11.1. The first kappa shape index (κ1) is 12.9. The fourth-order valence-corrected chi connectivity index (χ4v) is 2.66. The van der Waals surface area contributed by atoms with Crippen LogP contribution in [0.4, 0.5) is 11.4 Å². The molecule has 1 fully saturated rings. The van der Waals surface area contributed by atoms with Crippen LogP contribution in [0.25, 0.3) is 0 Å². The maximum absolute atomic E-state index is 11.1. The zero-order valence-corrected chi connectivity index (χ0v) is 10.8. The van der Waals surface area contributed by atoms with Gasteiger partial charge in [-0.2, -0.15) is 0 Å². The first-order valence-electron chi connectivity index (χ1n) is 6.69. The topological polar surface area (TPSA) is 55.2 Å². The molecule has 4 nitrogen and oxygen atoms in total. The van der Waals surface area contributed by atoms with Crippen LogP contribution in [0.5, 0.6) is 0 Å². The lowest BCUT2D eigenvalue weighted by molar-refractivity contribution is -0.384. The van der Waals surface area contributed by atoms with Crippen LogP contribution in [0.1, 0.15) is 44.1 Å². The summed E-state index contributed by atoms with van der Waals surface area (Å²) in [6.45, 7) is 1.79. The zero-order chi connectivity index (χ0) is 13.0. The van der Waals surface area contributed by atoms with E-state index in [-0.39, 0.29) is 10.6 Å². The van der Waals surface area contributed by atoms with E-state index in [1.54, 1.807) is 13.0 Å². The molecule has 98 valence electrons. The molecule has 0 aromatic heterocycles. The van der Waals surface area contributed by atoms with Crippen molar-refractivity contribution < 1.29 is 4.92 Å². The molecule has 0 atom stereocenters. The Kier molecular flexibility index (Phi) is 4.18. The highest BCUT2D eigenvalue weighted by Crippen LogP contribution is 2.30. The van der Waals surface area contributed by atoms with Crippen molar-refractivity contribution in [2.24, 2.45) is 0 Å². The van der Waals surface area contributed by atoms with Gasteiger partial charge in [-0.3, -0.25) is 10.1 Å². The van der Waals surface area contributed by atoms with Crippen molar-refractivity contribution in [2.45, 2.75) is 51.5 Å². The van der Waals surface area contributed by atoms with Crippen LogP contribution in [0.15, 0.2) is 18.2 Å². The van der Waals surface area contributed by atoms with Gasteiger partial charge in [0, 0.05) is 11.6 Å². The lowest BCUT2D eigenvalue weighted by Gasteiger charge is -2.18. The minimum Gasteiger partial charge on any atom is -0.377 e. The van der Waals surface area contributed by atoms with Gasteiger partial charge in [-0.15, -0.1) is 0 Å². The van der Waals surface area contributed by atoms with Crippen LogP contribution < -0.4 is 5.32 Å². The standard InChI is InChI=1S/C14H20N2O2/c1-11-7-6-10-13(14(11)16(17)18)15-12-8-4-2-3-5-9-12/h6-7,10,12,15H,2-5,8-9H2,1H3. The van der Waals surface area contributed by atoms with Crippen molar-refractivity contribution in [1.29, 1.82) is 0 Å². The summed E-state index contributed by atoms with van der Waals surface area (Å²) in [5, 5.41) is 14.5. The predicted molar refractivity (Wildman–Crippen MR) is 72.9 cm³/mol. The Bertz CT molecular complexity index is 424. The number of nitrogens with zero attached hydrogens (tertiary/aromatic N) is 1. The number of aryl methyl sites for hydroxylation is 1. The van der Waals surface area contributed by atoms with E-state index in [1.165, 1.54) is 25.7 Å². The number of para-hydroxylation sites is 1. The van der Waals surface area contributed by atoms with Gasteiger partial charge < -0.3 is 5.32 Å². The van der Waals surface area contributed by atoms with Gasteiger partial charge in [-0.05, 0) is 25.8 Å². The Morgan fingerprint density at radius 3 is 2.50 bits per heavy atom. The molecule has 0 amide bonds. The smallest absolute Gasteiger partial charge is 0.295 e. The minimum absolute atomic E-state index is 0.224. The fourth-order valence-electron chi connectivity index (χ4n) is 2.66. The monoisotopic (exact) mass is 248 g/mol. The van der Waals surface area contributed by atoms with Crippen LogP contribution in [0, 0.1) is 17.0 Å². The Balaban J connectivity index is 2.17. The molecule has 0 heterocycles. The summed E-state index contributed by atoms with van der Waals surface area (Å²) < 4.78 is 0.